The van der Waals surface area contributed by atoms with Gasteiger partial charge in [-0.25, -0.2) is 8.78 Å². The molecular formula is C21H14F2O4S. The molecule has 0 aromatic heterocycles. The predicted octanol–water partition coefficient (Wildman–Crippen LogP) is 5.19. The maximum atomic E-state index is 13.7. The van der Waals surface area contributed by atoms with Crippen molar-refractivity contribution >= 4 is 31.7 Å². The molecule has 28 heavy (non-hydrogen) atoms. The molecule has 0 atom stereocenters. The third-order valence-electron chi connectivity index (χ3n) is 4.64. The van der Waals surface area contributed by atoms with Crippen molar-refractivity contribution in [3.63, 3.8) is 0 Å². The van der Waals surface area contributed by atoms with Crippen LogP contribution in [0.2, 0.25) is 0 Å². The number of rotatable bonds is 3. The van der Waals surface area contributed by atoms with Crippen molar-refractivity contribution in [3.05, 3.63) is 72.3 Å². The van der Waals surface area contributed by atoms with E-state index in [-0.39, 0.29) is 10.5 Å². The number of benzene rings is 4. The number of hydrogen-bond acceptors (Lipinski definition) is 3. The van der Waals surface area contributed by atoms with Crippen LogP contribution < -0.4 is 4.74 Å². The molecule has 0 spiro atoms. The molecule has 0 aliphatic carbocycles. The summed E-state index contributed by atoms with van der Waals surface area (Å²) in [6.07, 6.45) is 0. The highest BCUT2D eigenvalue weighted by atomic mass is 32.2. The van der Waals surface area contributed by atoms with Crippen molar-refractivity contribution < 1.29 is 26.5 Å². The average molecular weight is 400 g/mol. The number of fused-ring (bicyclic) bond motifs is 2. The highest BCUT2D eigenvalue weighted by Crippen LogP contribution is 2.44. The Bertz CT molecular complexity index is 1350. The lowest BCUT2D eigenvalue weighted by atomic mass is 9.93. The summed E-state index contributed by atoms with van der Waals surface area (Å²) in [4.78, 5) is -0.346. The summed E-state index contributed by atoms with van der Waals surface area (Å²) in [5, 5.41) is 1.91. The SMILES string of the molecule is COc1ccc2cc(F)ccc2c1-c1c(S(=O)(=O)O)ccc2cc(F)ccc12. The molecule has 4 aromatic carbocycles. The normalized spacial score (nSPS) is 11.9. The minimum absolute atomic E-state index is 0.161. The fraction of sp³-hybridized carbons (Fsp3) is 0.0476. The Morgan fingerprint density at radius 1 is 0.786 bits per heavy atom. The van der Waals surface area contributed by atoms with Crippen molar-refractivity contribution in [2.24, 2.45) is 0 Å². The van der Waals surface area contributed by atoms with Crippen LogP contribution in [0.25, 0.3) is 32.7 Å². The molecule has 142 valence electrons. The minimum atomic E-state index is -4.61. The van der Waals surface area contributed by atoms with E-state index in [1.165, 1.54) is 55.6 Å². The second kappa shape index (κ2) is 6.54. The Morgan fingerprint density at radius 3 is 1.86 bits per heavy atom. The molecule has 0 amide bonds. The molecule has 0 saturated carbocycles. The lowest BCUT2D eigenvalue weighted by molar-refractivity contribution is 0.417. The van der Waals surface area contributed by atoms with Gasteiger partial charge in [-0.15, -0.1) is 0 Å². The van der Waals surface area contributed by atoms with Gasteiger partial charge < -0.3 is 4.74 Å². The van der Waals surface area contributed by atoms with Gasteiger partial charge in [0.2, 0.25) is 0 Å². The molecule has 0 heterocycles. The summed E-state index contributed by atoms with van der Waals surface area (Å²) in [6, 6.07) is 13.9. The first-order valence-electron chi connectivity index (χ1n) is 8.26. The minimum Gasteiger partial charge on any atom is -0.496 e. The second-order valence-corrected chi connectivity index (χ2v) is 7.68. The molecule has 1 N–H and O–H groups in total. The zero-order valence-electron chi connectivity index (χ0n) is 14.6. The summed E-state index contributed by atoms with van der Waals surface area (Å²) in [5.74, 6) is -0.593. The third-order valence-corrected chi connectivity index (χ3v) is 5.53. The van der Waals surface area contributed by atoms with Crippen LogP contribution in [-0.2, 0) is 10.1 Å². The largest absolute Gasteiger partial charge is 0.496 e. The molecule has 4 rings (SSSR count). The average Bonchev–Trinajstić information content (AvgIpc) is 2.65. The van der Waals surface area contributed by atoms with Gasteiger partial charge in [0, 0.05) is 11.1 Å². The van der Waals surface area contributed by atoms with Crippen LogP contribution in [0.15, 0.2) is 65.6 Å². The molecule has 0 fully saturated rings. The van der Waals surface area contributed by atoms with Gasteiger partial charge in [0.1, 0.15) is 22.3 Å². The topological polar surface area (TPSA) is 63.6 Å². The number of ether oxygens (including phenoxy) is 1. The molecule has 0 bridgehead atoms. The highest BCUT2D eigenvalue weighted by Gasteiger charge is 2.23. The maximum absolute atomic E-state index is 13.7. The highest BCUT2D eigenvalue weighted by molar-refractivity contribution is 7.86. The molecule has 0 radical (unpaired) electrons. The van der Waals surface area contributed by atoms with Crippen LogP contribution in [0.3, 0.4) is 0 Å². The van der Waals surface area contributed by atoms with E-state index >= 15 is 0 Å². The van der Waals surface area contributed by atoms with Crippen molar-refractivity contribution in [1.82, 2.24) is 0 Å². The standard InChI is InChI=1S/C21H14F2O4S/c1-27-18-8-2-12-10-14(22)4-6-16(12)20(18)21-17-7-5-15(23)11-13(17)3-9-19(21)28(24,25)26/h2-11H,1H3,(H,24,25,26). The van der Waals surface area contributed by atoms with Gasteiger partial charge in [0.25, 0.3) is 10.1 Å². The predicted molar refractivity (Wildman–Crippen MR) is 103 cm³/mol. The van der Waals surface area contributed by atoms with Crippen molar-refractivity contribution in [3.8, 4) is 16.9 Å². The Hall–Kier alpha value is -3.03. The Labute approximate surface area is 159 Å². The van der Waals surface area contributed by atoms with Crippen LogP contribution in [0.4, 0.5) is 8.78 Å². The van der Waals surface area contributed by atoms with Gasteiger partial charge in [-0.2, -0.15) is 8.42 Å². The zero-order chi connectivity index (χ0) is 20.1. The lowest BCUT2D eigenvalue weighted by Gasteiger charge is -2.17. The second-order valence-electron chi connectivity index (χ2n) is 6.29. The van der Waals surface area contributed by atoms with Crippen molar-refractivity contribution in [2.45, 2.75) is 4.90 Å². The Balaban J connectivity index is 2.26. The summed E-state index contributed by atoms with van der Waals surface area (Å²) in [7, 11) is -3.19. The molecule has 4 aromatic rings. The van der Waals surface area contributed by atoms with E-state index in [0.29, 0.717) is 32.9 Å². The fourth-order valence-corrected chi connectivity index (χ4v) is 4.17. The van der Waals surface area contributed by atoms with Crippen molar-refractivity contribution in [1.29, 1.82) is 0 Å². The molecule has 0 aliphatic heterocycles. The summed E-state index contributed by atoms with van der Waals surface area (Å²) >= 11 is 0. The number of methoxy groups -OCH3 is 1. The fourth-order valence-electron chi connectivity index (χ4n) is 3.46. The van der Waals surface area contributed by atoms with E-state index in [1.54, 1.807) is 12.1 Å². The van der Waals surface area contributed by atoms with Gasteiger partial charge in [-0.1, -0.05) is 24.3 Å². The van der Waals surface area contributed by atoms with Crippen LogP contribution in [0.1, 0.15) is 0 Å². The van der Waals surface area contributed by atoms with E-state index in [9.17, 15) is 21.8 Å². The molecular weight excluding hydrogens is 386 g/mol. The first kappa shape index (κ1) is 18.3. The van der Waals surface area contributed by atoms with Gasteiger partial charge in [-0.05, 0) is 57.9 Å². The lowest BCUT2D eigenvalue weighted by Crippen LogP contribution is -2.03. The van der Waals surface area contributed by atoms with Gasteiger partial charge in [-0.3, -0.25) is 4.55 Å². The smallest absolute Gasteiger partial charge is 0.295 e. The number of halogens is 2. The van der Waals surface area contributed by atoms with Crippen LogP contribution in [0.5, 0.6) is 5.75 Å². The van der Waals surface area contributed by atoms with E-state index in [1.807, 2.05) is 0 Å². The van der Waals surface area contributed by atoms with E-state index in [4.69, 9.17) is 4.74 Å². The molecule has 0 saturated heterocycles. The third kappa shape index (κ3) is 2.98. The van der Waals surface area contributed by atoms with Gasteiger partial charge in [0.15, 0.2) is 0 Å². The zero-order valence-corrected chi connectivity index (χ0v) is 15.4. The van der Waals surface area contributed by atoms with Crippen LogP contribution >= 0.6 is 0 Å². The number of hydrogen-bond donors (Lipinski definition) is 1. The van der Waals surface area contributed by atoms with Gasteiger partial charge >= 0.3 is 0 Å². The Morgan fingerprint density at radius 2 is 1.32 bits per heavy atom. The summed E-state index contributed by atoms with van der Waals surface area (Å²) in [6.45, 7) is 0. The van der Waals surface area contributed by atoms with Gasteiger partial charge in [0.05, 0.1) is 7.11 Å². The summed E-state index contributed by atoms with van der Waals surface area (Å²) in [5.41, 5.74) is 0.527. The molecule has 0 unspecified atom stereocenters. The monoisotopic (exact) mass is 400 g/mol. The molecule has 7 heteroatoms. The van der Waals surface area contributed by atoms with E-state index in [2.05, 4.69) is 0 Å². The first-order valence-corrected chi connectivity index (χ1v) is 9.70. The molecule has 0 aliphatic rings. The molecule has 4 nitrogen and oxygen atoms in total. The quantitative estimate of drug-likeness (QED) is 0.481. The van der Waals surface area contributed by atoms with Crippen LogP contribution in [0, 0.1) is 11.6 Å². The van der Waals surface area contributed by atoms with Crippen molar-refractivity contribution in [2.75, 3.05) is 7.11 Å². The van der Waals surface area contributed by atoms with Crippen LogP contribution in [-0.4, -0.2) is 20.1 Å². The van der Waals surface area contributed by atoms with E-state index < -0.39 is 21.8 Å². The first-order chi connectivity index (χ1) is 13.3. The summed E-state index contributed by atoms with van der Waals surface area (Å²) < 4.78 is 66.9. The Kier molecular flexibility index (Phi) is 4.28. The van der Waals surface area contributed by atoms with E-state index in [0.717, 1.165) is 0 Å². The maximum Gasteiger partial charge on any atom is 0.295 e.